The Morgan fingerprint density at radius 2 is 2.12 bits per heavy atom. The molecular formula is C17H22ClN5O2. The fourth-order valence-electron chi connectivity index (χ4n) is 2.37. The maximum Gasteiger partial charge on any atom is 0.278 e. The molecule has 0 bridgehead atoms. The van der Waals surface area contributed by atoms with E-state index in [-0.39, 0.29) is 18.4 Å². The Balaban J connectivity index is 0.00000225. The number of halogens is 1. The molecule has 1 N–H and O–H groups in total. The normalized spacial score (nSPS) is 11.8. The molecule has 3 aromatic rings. The Hall–Kier alpha value is -2.38. The molecule has 8 heteroatoms. The van der Waals surface area contributed by atoms with E-state index in [9.17, 15) is 0 Å². The third-order valence-electron chi connectivity index (χ3n) is 3.84. The summed E-state index contributed by atoms with van der Waals surface area (Å²) in [6.45, 7) is 4.09. The van der Waals surface area contributed by atoms with Crippen molar-refractivity contribution in [2.45, 2.75) is 26.3 Å². The lowest BCUT2D eigenvalue weighted by Crippen LogP contribution is -2.24. The Morgan fingerprint density at radius 3 is 2.84 bits per heavy atom. The molecule has 0 saturated carbocycles. The predicted octanol–water partition coefficient (Wildman–Crippen LogP) is 2.81. The van der Waals surface area contributed by atoms with Gasteiger partial charge in [-0.2, -0.15) is 10.1 Å². The van der Waals surface area contributed by atoms with Crippen molar-refractivity contribution < 1.29 is 9.26 Å². The largest absolute Gasteiger partial charge is 0.494 e. The zero-order chi connectivity index (χ0) is 17.1. The Bertz CT molecular complexity index is 830. The number of aryl methyl sites for hydroxylation is 1. The second kappa shape index (κ2) is 8.13. The summed E-state index contributed by atoms with van der Waals surface area (Å²) >= 11 is 0. The maximum absolute atomic E-state index is 5.41. The SMILES string of the molecule is CNC(C)Cc1noc(-c2ccn(-c3cc(C)ccc3OC)n2)n1.Cl. The van der Waals surface area contributed by atoms with Crippen molar-refractivity contribution in [1.82, 2.24) is 25.2 Å². The molecule has 0 fully saturated rings. The lowest BCUT2D eigenvalue weighted by atomic mass is 10.2. The highest BCUT2D eigenvalue weighted by Crippen LogP contribution is 2.25. The van der Waals surface area contributed by atoms with Gasteiger partial charge >= 0.3 is 0 Å². The number of ether oxygens (including phenoxy) is 1. The van der Waals surface area contributed by atoms with E-state index in [0.29, 0.717) is 23.8 Å². The highest BCUT2D eigenvalue weighted by Gasteiger charge is 2.15. The zero-order valence-electron chi connectivity index (χ0n) is 14.7. The van der Waals surface area contributed by atoms with Crippen molar-refractivity contribution in [3.63, 3.8) is 0 Å². The van der Waals surface area contributed by atoms with Gasteiger partial charge in [0, 0.05) is 18.7 Å². The van der Waals surface area contributed by atoms with Crippen LogP contribution in [-0.2, 0) is 6.42 Å². The van der Waals surface area contributed by atoms with E-state index in [1.165, 1.54) is 0 Å². The number of benzene rings is 1. The predicted molar refractivity (Wildman–Crippen MR) is 97.6 cm³/mol. The molecule has 1 unspecified atom stereocenters. The molecule has 2 heterocycles. The molecule has 0 aliphatic heterocycles. The average molecular weight is 364 g/mol. The van der Waals surface area contributed by atoms with Crippen molar-refractivity contribution >= 4 is 12.4 Å². The second-order valence-electron chi connectivity index (χ2n) is 5.73. The van der Waals surface area contributed by atoms with Gasteiger partial charge in [-0.05, 0) is 44.7 Å². The molecule has 0 aliphatic rings. The molecule has 0 aliphatic carbocycles. The number of hydrogen-bond acceptors (Lipinski definition) is 6. The lowest BCUT2D eigenvalue weighted by molar-refractivity contribution is 0.411. The van der Waals surface area contributed by atoms with Gasteiger partial charge in [-0.25, -0.2) is 4.68 Å². The van der Waals surface area contributed by atoms with Gasteiger partial charge in [0.25, 0.3) is 5.89 Å². The van der Waals surface area contributed by atoms with Crippen molar-refractivity contribution in [2.75, 3.05) is 14.2 Å². The van der Waals surface area contributed by atoms with Crippen LogP contribution >= 0.6 is 12.4 Å². The highest BCUT2D eigenvalue weighted by atomic mass is 35.5. The van der Waals surface area contributed by atoms with Gasteiger partial charge in [0.2, 0.25) is 0 Å². The van der Waals surface area contributed by atoms with Gasteiger partial charge in [0.15, 0.2) is 11.5 Å². The molecule has 0 saturated heterocycles. The van der Waals surface area contributed by atoms with E-state index >= 15 is 0 Å². The van der Waals surface area contributed by atoms with Gasteiger partial charge in [0.05, 0.1) is 7.11 Å². The molecule has 0 amide bonds. The van der Waals surface area contributed by atoms with E-state index in [1.807, 2.05) is 44.4 Å². The smallest absolute Gasteiger partial charge is 0.278 e. The van der Waals surface area contributed by atoms with Gasteiger partial charge in [-0.15, -0.1) is 12.4 Å². The number of nitrogens with zero attached hydrogens (tertiary/aromatic N) is 4. The fraction of sp³-hybridized carbons (Fsp3) is 0.353. The lowest BCUT2D eigenvalue weighted by Gasteiger charge is -2.09. The monoisotopic (exact) mass is 363 g/mol. The van der Waals surface area contributed by atoms with Crippen molar-refractivity contribution in [3.8, 4) is 23.0 Å². The van der Waals surface area contributed by atoms with Crippen LogP contribution in [0.1, 0.15) is 18.3 Å². The van der Waals surface area contributed by atoms with E-state index < -0.39 is 0 Å². The summed E-state index contributed by atoms with van der Waals surface area (Å²) in [6, 6.07) is 8.07. The van der Waals surface area contributed by atoms with Gasteiger partial charge < -0.3 is 14.6 Å². The van der Waals surface area contributed by atoms with Crippen LogP contribution in [0.5, 0.6) is 5.75 Å². The summed E-state index contributed by atoms with van der Waals surface area (Å²) in [7, 11) is 3.55. The molecule has 0 radical (unpaired) electrons. The average Bonchev–Trinajstić information content (AvgIpc) is 3.23. The van der Waals surface area contributed by atoms with Gasteiger partial charge in [-0.1, -0.05) is 11.2 Å². The first kappa shape index (κ1) is 19.0. The van der Waals surface area contributed by atoms with E-state index in [1.54, 1.807) is 11.8 Å². The summed E-state index contributed by atoms with van der Waals surface area (Å²) in [5.74, 6) is 1.83. The third kappa shape index (κ3) is 4.18. The molecule has 2 aromatic heterocycles. The number of hydrogen-bond donors (Lipinski definition) is 1. The highest BCUT2D eigenvalue weighted by molar-refractivity contribution is 5.85. The standard InChI is InChI=1S/C17H21N5O2.ClH/c1-11-5-6-15(23-4)14(9-11)22-8-7-13(20-22)17-19-16(21-24-17)10-12(2)18-3;/h5-9,12,18H,10H2,1-4H3;1H. The van der Waals surface area contributed by atoms with Crippen LogP contribution in [0.2, 0.25) is 0 Å². The minimum absolute atomic E-state index is 0. The maximum atomic E-state index is 5.41. The molecule has 7 nitrogen and oxygen atoms in total. The molecule has 25 heavy (non-hydrogen) atoms. The third-order valence-corrected chi connectivity index (χ3v) is 3.84. The minimum Gasteiger partial charge on any atom is -0.494 e. The molecule has 1 aromatic carbocycles. The summed E-state index contributed by atoms with van der Waals surface area (Å²) in [5.41, 5.74) is 2.63. The summed E-state index contributed by atoms with van der Waals surface area (Å²) in [5, 5.41) is 11.7. The number of likely N-dealkylation sites (N-methyl/N-ethyl adjacent to an activating group) is 1. The Morgan fingerprint density at radius 1 is 1.32 bits per heavy atom. The van der Waals surface area contributed by atoms with E-state index in [2.05, 4.69) is 27.5 Å². The summed E-state index contributed by atoms with van der Waals surface area (Å²) in [4.78, 5) is 4.41. The van der Waals surface area contributed by atoms with E-state index in [4.69, 9.17) is 9.26 Å². The van der Waals surface area contributed by atoms with Crippen LogP contribution in [0.4, 0.5) is 0 Å². The van der Waals surface area contributed by atoms with Crippen LogP contribution in [0, 0.1) is 6.92 Å². The first-order chi connectivity index (χ1) is 11.6. The number of nitrogens with one attached hydrogen (secondary N) is 1. The van der Waals surface area contributed by atoms with Crippen molar-refractivity contribution in [2.24, 2.45) is 0 Å². The minimum atomic E-state index is 0. The zero-order valence-corrected chi connectivity index (χ0v) is 15.5. The van der Waals surface area contributed by atoms with Crippen LogP contribution in [0.15, 0.2) is 35.0 Å². The fourth-order valence-corrected chi connectivity index (χ4v) is 2.37. The number of rotatable bonds is 6. The van der Waals surface area contributed by atoms with Gasteiger partial charge in [-0.3, -0.25) is 0 Å². The first-order valence-electron chi connectivity index (χ1n) is 7.81. The van der Waals surface area contributed by atoms with E-state index in [0.717, 1.165) is 17.0 Å². The van der Waals surface area contributed by atoms with Crippen LogP contribution < -0.4 is 10.1 Å². The molecule has 134 valence electrons. The van der Waals surface area contributed by atoms with Crippen LogP contribution in [0.25, 0.3) is 17.3 Å². The topological polar surface area (TPSA) is 78.0 Å². The Kier molecular flexibility index (Phi) is 6.17. The molecule has 3 rings (SSSR count). The van der Waals surface area contributed by atoms with Gasteiger partial charge in [0.1, 0.15) is 11.4 Å². The summed E-state index contributed by atoms with van der Waals surface area (Å²) < 4.78 is 12.5. The molecule has 1 atom stereocenters. The number of methoxy groups -OCH3 is 1. The second-order valence-corrected chi connectivity index (χ2v) is 5.73. The Labute approximate surface area is 152 Å². The first-order valence-corrected chi connectivity index (χ1v) is 7.81. The van der Waals surface area contributed by atoms with Crippen molar-refractivity contribution in [1.29, 1.82) is 0 Å². The number of aromatic nitrogens is 4. The molecular weight excluding hydrogens is 342 g/mol. The van der Waals surface area contributed by atoms with Crippen molar-refractivity contribution in [3.05, 3.63) is 41.9 Å². The molecule has 0 spiro atoms. The van der Waals surface area contributed by atoms with Crippen LogP contribution in [0.3, 0.4) is 0 Å². The summed E-state index contributed by atoms with van der Waals surface area (Å²) in [6.07, 6.45) is 2.55. The quantitative estimate of drug-likeness (QED) is 0.725. The van der Waals surface area contributed by atoms with Crippen LogP contribution in [-0.4, -0.2) is 40.1 Å².